The van der Waals surface area contributed by atoms with Gasteiger partial charge in [-0.15, -0.1) is 0 Å². The normalized spacial score (nSPS) is 11.5. The molecule has 120 valence electrons. The zero-order valence-corrected chi connectivity index (χ0v) is 12.9. The van der Waals surface area contributed by atoms with Crippen LogP contribution in [0, 0.1) is 6.92 Å². The number of amides is 2. The predicted octanol–water partition coefficient (Wildman–Crippen LogP) is 0.851. The van der Waals surface area contributed by atoms with Crippen molar-refractivity contribution < 1.29 is 19.1 Å². The van der Waals surface area contributed by atoms with E-state index < -0.39 is 23.8 Å². The number of nitrogens with one attached hydrogen (secondary N) is 1. The lowest BCUT2D eigenvalue weighted by molar-refractivity contribution is -0.144. The van der Waals surface area contributed by atoms with E-state index in [2.05, 4.69) is 5.32 Å². The van der Waals surface area contributed by atoms with Crippen LogP contribution in [0.3, 0.4) is 0 Å². The zero-order chi connectivity index (χ0) is 16.5. The Morgan fingerprint density at radius 1 is 1.23 bits per heavy atom. The van der Waals surface area contributed by atoms with E-state index in [4.69, 9.17) is 10.5 Å². The van der Waals surface area contributed by atoms with Crippen molar-refractivity contribution in [2.24, 2.45) is 5.73 Å². The van der Waals surface area contributed by atoms with Gasteiger partial charge in [0.2, 0.25) is 11.8 Å². The molecule has 0 aromatic heterocycles. The average molecular weight is 306 g/mol. The first-order valence-corrected chi connectivity index (χ1v) is 7.22. The lowest BCUT2D eigenvalue weighted by Crippen LogP contribution is -2.46. The summed E-state index contributed by atoms with van der Waals surface area (Å²) in [5.74, 6) is -1.44. The summed E-state index contributed by atoms with van der Waals surface area (Å²) in [6.07, 6.45) is 0.277. The van der Waals surface area contributed by atoms with E-state index in [1.165, 1.54) is 0 Å². The number of hydrogen-bond acceptors (Lipinski definition) is 4. The first-order chi connectivity index (χ1) is 10.4. The van der Waals surface area contributed by atoms with Crippen LogP contribution in [0.15, 0.2) is 24.3 Å². The van der Waals surface area contributed by atoms with Gasteiger partial charge in [0.25, 0.3) is 0 Å². The smallest absolute Gasteiger partial charge is 0.306 e. The summed E-state index contributed by atoms with van der Waals surface area (Å²) in [6, 6.07) is 6.78. The Bertz CT molecular complexity index is 543. The van der Waals surface area contributed by atoms with Crippen LogP contribution in [0.25, 0.3) is 0 Å². The van der Waals surface area contributed by atoms with Crippen molar-refractivity contribution in [1.29, 1.82) is 0 Å². The highest BCUT2D eigenvalue weighted by Gasteiger charge is 2.19. The predicted molar refractivity (Wildman–Crippen MR) is 81.9 cm³/mol. The number of ether oxygens (including phenoxy) is 1. The molecule has 1 aromatic carbocycles. The van der Waals surface area contributed by atoms with Crippen LogP contribution in [-0.2, 0) is 25.5 Å². The molecule has 6 heteroatoms. The molecule has 2 amide bonds. The highest BCUT2D eigenvalue weighted by molar-refractivity contribution is 5.88. The summed E-state index contributed by atoms with van der Waals surface area (Å²) in [4.78, 5) is 34.5. The summed E-state index contributed by atoms with van der Waals surface area (Å²) < 4.78 is 4.75. The number of rotatable bonds is 8. The van der Waals surface area contributed by atoms with E-state index in [1.807, 2.05) is 31.2 Å². The molecule has 0 unspecified atom stereocenters. The molecule has 0 spiro atoms. The molecule has 0 saturated heterocycles. The second-order valence-electron chi connectivity index (χ2n) is 4.96. The topological polar surface area (TPSA) is 98.5 Å². The van der Waals surface area contributed by atoms with E-state index in [-0.39, 0.29) is 19.4 Å². The number of primary amides is 1. The molecule has 0 fully saturated rings. The Kier molecular flexibility index (Phi) is 7.08. The van der Waals surface area contributed by atoms with E-state index >= 15 is 0 Å². The number of hydrogen-bond donors (Lipinski definition) is 2. The minimum atomic E-state index is -0.796. The van der Waals surface area contributed by atoms with Crippen molar-refractivity contribution in [3.05, 3.63) is 35.4 Å². The second-order valence-corrected chi connectivity index (χ2v) is 4.96. The molecular weight excluding hydrogens is 284 g/mol. The zero-order valence-electron chi connectivity index (χ0n) is 12.9. The van der Waals surface area contributed by atoms with Crippen molar-refractivity contribution >= 4 is 17.8 Å². The van der Waals surface area contributed by atoms with Gasteiger partial charge in [0, 0.05) is 12.8 Å². The van der Waals surface area contributed by atoms with Crippen molar-refractivity contribution in [3.63, 3.8) is 0 Å². The van der Waals surface area contributed by atoms with Crippen LogP contribution >= 0.6 is 0 Å². The van der Waals surface area contributed by atoms with Gasteiger partial charge < -0.3 is 15.8 Å². The summed E-state index contributed by atoms with van der Waals surface area (Å²) in [6.45, 7) is 3.90. The number of esters is 1. The van der Waals surface area contributed by atoms with E-state index in [9.17, 15) is 14.4 Å². The highest BCUT2D eigenvalue weighted by atomic mass is 16.5. The third-order valence-electron chi connectivity index (χ3n) is 3.23. The van der Waals surface area contributed by atoms with Crippen molar-refractivity contribution in [2.75, 3.05) is 6.61 Å². The van der Waals surface area contributed by atoms with Gasteiger partial charge in [0.1, 0.15) is 6.04 Å². The molecule has 1 aromatic rings. The standard InChI is InChI=1S/C16H22N2O4/c1-3-22-15(20)9-8-14(19)18-13(16(17)21)10-12-7-5-4-6-11(12)2/h4-7,13H,3,8-10H2,1-2H3,(H2,17,21)(H,18,19)/t13-/m0/s1. The lowest BCUT2D eigenvalue weighted by Gasteiger charge is -2.16. The SMILES string of the molecule is CCOC(=O)CCC(=O)N[C@@H](Cc1ccccc1C)C(N)=O. The van der Waals surface area contributed by atoms with Crippen LogP contribution in [0.2, 0.25) is 0 Å². The van der Waals surface area contributed by atoms with Gasteiger partial charge in [-0.25, -0.2) is 0 Å². The molecule has 0 bridgehead atoms. The highest BCUT2D eigenvalue weighted by Crippen LogP contribution is 2.10. The molecule has 0 aliphatic heterocycles. The third kappa shape index (κ3) is 5.95. The Morgan fingerprint density at radius 3 is 2.50 bits per heavy atom. The minimum Gasteiger partial charge on any atom is -0.466 e. The van der Waals surface area contributed by atoms with Crippen molar-refractivity contribution in [3.8, 4) is 0 Å². The maximum absolute atomic E-state index is 11.8. The fourth-order valence-electron chi connectivity index (χ4n) is 2.00. The summed E-state index contributed by atoms with van der Waals surface area (Å²) >= 11 is 0. The summed E-state index contributed by atoms with van der Waals surface area (Å²) in [7, 11) is 0. The Labute approximate surface area is 130 Å². The quantitative estimate of drug-likeness (QED) is 0.696. The monoisotopic (exact) mass is 306 g/mol. The summed E-state index contributed by atoms with van der Waals surface area (Å²) in [5.41, 5.74) is 7.31. The fraction of sp³-hybridized carbons (Fsp3) is 0.438. The maximum Gasteiger partial charge on any atom is 0.306 e. The molecule has 0 saturated carbocycles. The average Bonchev–Trinajstić information content (AvgIpc) is 2.47. The number of carbonyl (C=O) groups excluding carboxylic acids is 3. The largest absolute Gasteiger partial charge is 0.466 e. The molecule has 22 heavy (non-hydrogen) atoms. The maximum atomic E-state index is 11.8. The van der Waals surface area contributed by atoms with Crippen LogP contribution in [-0.4, -0.2) is 30.4 Å². The molecule has 6 nitrogen and oxygen atoms in total. The first-order valence-electron chi connectivity index (χ1n) is 7.22. The molecule has 0 aliphatic rings. The number of aryl methyl sites for hydroxylation is 1. The van der Waals surface area contributed by atoms with Gasteiger partial charge in [-0.2, -0.15) is 0 Å². The van der Waals surface area contributed by atoms with Crippen LogP contribution < -0.4 is 11.1 Å². The van der Waals surface area contributed by atoms with Crippen LogP contribution in [0.4, 0.5) is 0 Å². The Morgan fingerprint density at radius 2 is 1.91 bits per heavy atom. The molecule has 1 rings (SSSR count). The molecule has 0 heterocycles. The second kappa shape index (κ2) is 8.81. The molecule has 0 aliphatic carbocycles. The molecular formula is C16H22N2O4. The molecule has 0 radical (unpaired) electrons. The fourth-order valence-corrected chi connectivity index (χ4v) is 2.00. The van der Waals surface area contributed by atoms with Gasteiger partial charge in [-0.05, 0) is 25.0 Å². The Hall–Kier alpha value is -2.37. The van der Waals surface area contributed by atoms with E-state index in [0.717, 1.165) is 11.1 Å². The van der Waals surface area contributed by atoms with Gasteiger partial charge in [-0.3, -0.25) is 14.4 Å². The first kappa shape index (κ1) is 17.7. The minimum absolute atomic E-state index is 0.0183. The summed E-state index contributed by atoms with van der Waals surface area (Å²) in [5, 5.41) is 2.57. The van der Waals surface area contributed by atoms with E-state index in [0.29, 0.717) is 6.42 Å². The number of benzene rings is 1. The molecule has 3 N–H and O–H groups in total. The Balaban J connectivity index is 2.58. The van der Waals surface area contributed by atoms with Crippen LogP contribution in [0.5, 0.6) is 0 Å². The molecule has 1 atom stereocenters. The van der Waals surface area contributed by atoms with Gasteiger partial charge in [-0.1, -0.05) is 24.3 Å². The number of nitrogens with two attached hydrogens (primary N) is 1. The third-order valence-corrected chi connectivity index (χ3v) is 3.23. The van der Waals surface area contributed by atoms with Crippen molar-refractivity contribution in [1.82, 2.24) is 5.32 Å². The van der Waals surface area contributed by atoms with Crippen molar-refractivity contribution in [2.45, 2.75) is 39.2 Å². The number of carbonyl (C=O) groups is 3. The van der Waals surface area contributed by atoms with Crippen LogP contribution in [0.1, 0.15) is 30.9 Å². The van der Waals surface area contributed by atoms with Gasteiger partial charge >= 0.3 is 5.97 Å². The van der Waals surface area contributed by atoms with Gasteiger partial charge in [0.15, 0.2) is 0 Å². The van der Waals surface area contributed by atoms with Gasteiger partial charge in [0.05, 0.1) is 13.0 Å². The van der Waals surface area contributed by atoms with E-state index in [1.54, 1.807) is 6.92 Å². The lowest BCUT2D eigenvalue weighted by atomic mass is 10.0.